The molecular formula is C12H10Cl2F2N4O. The predicted octanol–water partition coefficient (Wildman–Crippen LogP) is 3.25. The van der Waals surface area contributed by atoms with Crippen molar-refractivity contribution in [3.63, 3.8) is 0 Å². The van der Waals surface area contributed by atoms with Crippen LogP contribution in [0.2, 0.25) is 10.2 Å². The van der Waals surface area contributed by atoms with E-state index in [1.807, 2.05) is 0 Å². The van der Waals surface area contributed by atoms with Gasteiger partial charge in [0.05, 0.1) is 11.6 Å². The Labute approximate surface area is 129 Å². The number of imidazole rings is 1. The van der Waals surface area contributed by atoms with Gasteiger partial charge in [0.15, 0.2) is 0 Å². The first-order valence-electron chi connectivity index (χ1n) is 5.77. The van der Waals surface area contributed by atoms with Gasteiger partial charge in [-0.2, -0.15) is 8.78 Å². The van der Waals surface area contributed by atoms with E-state index in [1.54, 1.807) is 0 Å². The first kappa shape index (κ1) is 15.7. The minimum atomic E-state index is -2.72. The summed E-state index contributed by atoms with van der Waals surface area (Å²) in [5, 5.41) is 0.249. The first-order valence-corrected chi connectivity index (χ1v) is 6.53. The van der Waals surface area contributed by atoms with Crippen molar-refractivity contribution in [1.82, 2.24) is 19.4 Å². The molecule has 0 aromatic carbocycles. The molecule has 0 unspecified atom stereocenters. The Balaban J connectivity index is 2.20. The molecule has 0 bridgehead atoms. The summed E-state index contributed by atoms with van der Waals surface area (Å²) < 4.78 is 26.1. The third-order valence-electron chi connectivity index (χ3n) is 2.70. The van der Waals surface area contributed by atoms with Gasteiger partial charge in [-0.15, -0.1) is 0 Å². The topological polar surface area (TPSA) is 51.0 Å². The van der Waals surface area contributed by atoms with Crippen LogP contribution in [0.15, 0.2) is 24.5 Å². The third kappa shape index (κ3) is 3.48. The summed E-state index contributed by atoms with van der Waals surface area (Å²) >= 11 is 11.6. The molecule has 1 amide bonds. The highest BCUT2D eigenvalue weighted by molar-refractivity contribution is 6.34. The van der Waals surface area contributed by atoms with Crippen LogP contribution in [-0.2, 0) is 6.54 Å². The van der Waals surface area contributed by atoms with E-state index < -0.39 is 12.5 Å². The maximum absolute atomic E-state index is 12.7. The van der Waals surface area contributed by atoms with Crippen LogP contribution >= 0.6 is 23.2 Å². The van der Waals surface area contributed by atoms with E-state index >= 15 is 0 Å². The second kappa shape index (κ2) is 6.36. The monoisotopic (exact) mass is 334 g/mol. The lowest BCUT2D eigenvalue weighted by Crippen LogP contribution is -2.28. The van der Waals surface area contributed by atoms with E-state index in [0.29, 0.717) is 4.57 Å². The zero-order chi connectivity index (χ0) is 15.6. The number of carbonyl (C=O) groups is 1. The van der Waals surface area contributed by atoms with Crippen LogP contribution in [0.4, 0.5) is 8.78 Å². The van der Waals surface area contributed by atoms with E-state index in [1.165, 1.54) is 30.3 Å². The molecule has 0 N–H and O–H groups in total. The Morgan fingerprint density at radius 1 is 1.43 bits per heavy atom. The van der Waals surface area contributed by atoms with Gasteiger partial charge < -0.3 is 4.90 Å². The molecule has 2 aromatic heterocycles. The van der Waals surface area contributed by atoms with Crippen LogP contribution in [0.5, 0.6) is 0 Å². The summed E-state index contributed by atoms with van der Waals surface area (Å²) in [5.41, 5.74) is -0.0400. The van der Waals surface area contributed by atoms with Crippen molar-refractivity contribution in [3.05, 3.63) is 46.2 Å². The van der Waals surface area contributed by atoms with E-state index in [0.717, 1.165) is 6.20 Å². The van der Waals surface area contributed by atoms with Crippen molar-refractivity contribution in [2.45, 2.75) is 13.1 Å². The summed E-state index contributed by atoms with van der Waals surface area (Å²) in [4.78, 5) is 21.1. The van der Waals surface area contributed by atoms with Crippen molar-refractivity contribution in [1.29, 1.82) is 0 Å². The Hall–Kier alpha value is -1.73. The molecule has 2 rings (SSSR count). The van der Waals surface area contributed by atoms with Crippen molar-refractivity contribution < 1.29 is 13.6 Å². The summed E-state index contributed by atoms with van der Waals surface area (Å²) in [6.45, 7) is -2.83. The number of hydrogen-bond donors (Lipinski definition) is 0. The van der Waals surface area contributed by atoms with Crippen molar-refractivity contribution in [2.24, 2.45) is 0 Å². The lowest BCUT2D eigenvalue weighted by atomic mass is 10.3. The Morgan fingerprint density at radius 3 is 2.81 bits per heavy atom. The number of aromatic nitrogens is 3. The number of halogens is 4. The van der Waals surface area contributed by atoms with Gasteiger partial charge in [0.2, 0.25) is 0 Å². The quantitative estimate of drug-likeness (QED) is 0.806. The van der Waals surface area contributed by atoms with Crippen LogP contribution in [0.3, 0.4) is 0 Å². The molecular weight excluding hydrogens is 325 g/mol. The standard InChI is InChI=1S/C12H10Cl2F2N4O/c1-19(6-9-17-4-5-20(9)12(15)16)11(21)10-7(13)2-3-8(14)18-10/h2-5,12H,6H2,1H3. The van der Waals surface area contributed by atoms with Crippen LogP contribution in [0.1, 0.15) is 22.9 Å². The molecule has 112 valence electrons. The van der Waals surface area contributed by atoms with Crippen LogP contribution in [0, 0.1) is 0 Å². The zero-order valence-electron chi connectivity index (χ0n) is 10.8. The molecule has 0 spiro atoms. The summed E-state index contributed by atoms with van der Waals surface area (Å²) in [7, 11) is 1.44. The highest BCUT2D eigenvalue weighted by atomic mass is 35.5. The highest BCUT2D eigenvalue weighted by Crippen LogP contribution is 2.19. The molecule has 21 heavy (non-hydrogen) atoms. The van der Waals surface area contributed by atoms with E-state index in [9.17, 15) is 13.6 Å². The van der Waals surface area contributed by atoms with Gasteiger partial charge in [0, 0.05) is 19.4 Å². The van der Waals surface area contributed by atoms with Gasteiger partial charge in [0.25, 0.3) is 5.91 Å². The van der Waals surface area contributed by atoms with Gasteiger partial charge >= 0.3 is 6.55 Å². The number of pyridine rings is 1. The van der Waals surface area contributed by atoms with Crippen molar-refractivity contribution in [3.8, 4) is 0 Å². The fourth-order valence-corrected chi connectivity index (χ4v) is 2.01. The third-order valence-corrected chi connectivity index (χ3v) is 3.21. The SMILES string of the molecule is CN(Cc1nccn1C(F)F)C(=O)c1nc(Cl)ccc1Cl. The second-order valence-corrected chi connectivity index (χ2v) is 4.95. The molecule has 2 heterocycles. The molecule has 0 radical (unpaired) electrons. The molecule has 0 fully saturated rings. The number of carbonyl (C=O) groups excluding carboxylic acids is 1. The summed E-state index contributed by atoms with van der Waals surface area (Å²) in [6, 6.07) is 2.89. The lowest BCUT2D eigenvalue weighted by molar-refractivity contribution is 0.0611. The molecule has 0 atom stereocenters. The largest absolute Gasteiger partial charge is 0.333 e. The Bertz CT molecular complexity index is 662. The molecule has 0 saturated carbocycles. The predicted molar refractivity (Wildman–Crippen MR) is 73.5 cm³/mol. The molecule has 0 aliphatic rings. The number of rotatable bonds is 4. The second-order valence-electron chi connectivity index (χ2n) is 4.15. The fourth-order valence-electron chi connectivity index (χ4n) is 1.68. The molecule has 5 nitrogen and oxygen atoms in total. The van der Waals surface area contributed by atoms with E-state index in [2.05, 4.69) is 9.97 Å². The van der Waals surface area contributed by atoms with E-state index in [-0.39, 0.29) is 28.2 Å². The number of alkyl halides is 2. The smallest absolute Gasteiger partial charge is 0.319 e. The first-order chi connectivity index (χ1) is 9.90. The van der Waals surface area contributed by atoms with Crippen LogP contribution < -0.4 is 0 Å². The summed E-state index contributed by atoms with van der Waals surface area (Å²) in [6.07, 6.45) is 2.38. The Morgan fingerprint density at radius 2 is 2.14 bits per heavy atom. The number of nitrogens with zero attached hydrogens (tertiary/aromatic N) is 4. The van der Waals surface area contributed by atoms with Gasteiger partial charge in [-0.3, -0.25) is 9.36 Å². The molecule has 0 aliphatic carbocycles. The van der Waals surface area contributed by atoms with Gasteiger partial charge in [-0.1, -0.05) is 23.2 Å². The number of amides is 1. The zero-order valence-corrected chi connectivity index (χ0v) is 12.3. The highest BCUT2D eigenvalue weighted by Gasteiger charge is 2.20. The van der Waals surface area contributed by atoms with Crippen LogP contribution in [-0.4, -0.2) is 32.4 Å². The minimum Gasteiger partial charge on any atom is -0.333 e. The lowest BCUT2D eigenvalue weighted by Gasteiger charge is -2.17. The van der Waals surface area contributed by atoms with Crippen molar-refractivity contribution in [2.75, 3.05) is 7.05 Å². The maximum atomic E-state index is 12.7. The summed E-state index contributed by atoms with van der Waals surface area (Å²) in [5.74, 6) is -0.481. The van der Waals surface area contributed by atoms with E-state index in [4.69, 9.17) is 23.2 Å². The molecule has 0 aliphatic heterocycles. The molecule has 0 saturated heterocycles. The average molecular weight is 335 g/mol. The van der Waals surface area contributed by atoms with Crippen LogP contribution in [0.25, 0.3) is 0 Å². The number of hydrogen-bond acceptors (Lipinski definition) is 3. The molecule has 2 aromatic rings. The maximum Gasteiger partial charge on any atom is 0.319 e. The van der Waals surface area contributed by atoms with Gasteiger partial charge in [-0.25, -0.2) is 9.97 Å². The van der Waals surface area contributed by atoms with Gasteiger partial charge in [0.1, 0.15) is 16.7 Å². The normalized spacial score (nSPS) is 11.0. The molecule has 9 heteroatoms. The van der Waals surface area contributed by atoms with Crippen molar-refractivity contribution >= 4 is 29.1 Å². The minimum absolute atomic E-state index is 0.0400. The fraction of sp³-hybridized carbons (Fsp3) is 0.250. The average Bonchev–Trinajstić information content (AvgIpc) is 2.89. The van der Waals surface area contributed by atoms with Gasteiger partial charge in [-0.05, 0) is 12.1 Å². The Kier molecular flexibility index (Phi) is 4.74.